The minimum atomic E-state index is -0.255. The summed E-state index contributed by atoms with van der Waals surface area (Å²) >= 11 is 11.6. The van der Waals surface area contributed by atoms with Crippen LogP contribution in [0.15, 0.2) is 42.5 Å². The third kappa shape index (κ3) is 4.90. The lowest BCUT2D eigenvalue weighted by Gasteiger charge is -2.24. The third-order valence-corrected chi connectivity index (χ3v) is 4.46. The lowest BCUT2D eigenvalue weighted by molar-refractivity contribution is -0.890. The first-order valence-electron chi connectivity index (χ1n) is 7.74. The number of benzene rings is 2. The van der Waals surface area contributed by atoms with Crippen molar-refractivity contribution in [1.82, 2.24) is 5.32 Å². The number of hydrogen-bond acceptors (Lipinski definition) is 1. The summed E-state index contributed by atoms with van der Waals surface area (Å²) in [6.45, 7) is 2.34. The summed E-state index contributed by atoms with van der Waals surface area (Å²) in [6.07, 6.45) is 0. The van der Waals surface area contributed by atoms with E-state index < -0.39 is 0 Å². The molecule has 0 saturated heterocycles. The maximum Gasteiger partial charge on any atom is 0.171 e. The monoisotopic (exact) mass is 366 g/mol. The van der Waals surface area contributed by atoms with Crippen LogP contribution in [0, 0.1) is 12.7 Å². The van der Waals surface area contributed by atoms with Crippen LogP contribution in [-0.4, -0.2) is 25.8 Å². The Morgan fingerprint density at radius 1 is 1.25 bits per heavy atom. The SMILES string of the molecule is Cc1ccc(NC(=S)NC[C@@H](c2ccccc2Cl)[NH+](C)C)cc1F. The molecule has 0 radical (unpaired) electrons. The molecule has 0 spiro atoms. The summed E-state index contributed by atoms with van der Waals surface area (Å²) in [5, 5.41) is 7.40. The standard InChI is InChI=1S/C18H21ClFN3S/c1-12-8-9-13(10-16(12)20)22-18(24)21-11-17(23(2)3)14-6-4-5-7-15(14)19/h4-10,17H,11H2,1-3H3,(H2,21,22,24)/p+1/t17-/m0/s1. The van der Waals surface area contributed by atoms with Crippen LogP contribution in [0.25, 0.3) is 0 Å². The number of anilines is 1. The van der Waals surface area contributed by atoms with E-state index in [-0.39, 0.29) is 11.9 Å². The van der Waals surface area contributed by atoms with Gasteiger partial charge in [-0.1, -0.05) is 35.9 Å². The minimum absolute atomic E-state index is 0.146. The predicted octanol–water partition coefficient (Wildman–Crippen LogP) is 2.96. The average Bonchev–Trinajstić information content (AvgIpc) is 2.52. The Morgan fingerprint density at radius 2 is 1.96 bits per heavy atom. The smallest absolute Gasteiger partial charge is 0.171 e. The molecule has 3 N–H and O–H groups in total. The highest BCUT2D eigenvalue weighted by atomic mass is 35.5. The van der Waals surface area contributed by atoms with Crippen molar-refractivity contribution in [2.45, 2.75) is 13.0 Å². The summed E-state index contributed by atoms with van der Waals surface area (Å²) in [7, 11) is 4.14. The molecule has 0 saturated carbocycles. The van der Waals surface area contributed by atoms with E-state index in [9.17, 15) is 4.39 Å². The number of hydrogen-bond donors (Lipinski definition) is 3. The molecule has 1 atom stereocenters. The van der Waals surface area contributed by atoms with Crippen LogP contribution in [0.5, 0.6) is 0 Å². The quantitative estimate of drug-likeness (QED) is 0.710. The van der Waals surface area contributed by atoms with Gasteiger partial charge < -0.3 is 15.5 Å². The highest BCUT2D eigenvalue weighted by Gasteiger charge is 2.20. The zero-order valence-electron chi connectivity index (χ0n) is 14.0. The van der Waals surface area contributed by atoms with E-state index in [4.69, 9.17) is 23.8 Å². The normalized spacial score (nSPS) is 12.1. The molecule has 0 aliphatic carbocycles. The predicted molar refractivity (Wildman–Crippen MR) is 102 cm³/mol. The molecule has 0 aliphatic rings. The summed E-state index contributed by atoms with van der Waals surface area (Å²) < 4.78 is 13.6. The largest absolute Gasteiger partial charge is 0.356 e. The molecule has 0 aromatic heterocycles. The van der Waals surface area contributed by atoms with E-state index in [1.807, 2.05) is 24.3 Å². The van der Waals surface area contributed by atoms with Gasteiger partial charge in [-0.2, -0.15) is 0 Å². The molecular weight excluding hydrogens is 345 g/mol. The van der Waals surface area contributed by atoms with Crippen molar-refractivity contribution >= 4 is 34.6 Å². The lowest BCUT2D eigenvalue weighted by Crippen LogP contribution is -3.07. The molecule has 24 heavy (non-hydrogen) atoms. The molecule has 128 valence electrons. The van der Waals surface area contributed by atoms with Gasteiger partial charge in [0.25, 0.3) is 0 Å². The van der Waals surface area contributed by atoms with Gasteiger partial charge in [0, 0.05) is 16.3 Å². The first-order valence-corrected chi connectivity index (χ1v) is 8.52. The van der Waals surface area contributed by atoms with Crippen molar-refractivity contribution in [1.29, 1.82) is 0 Å². The maximum absolute atomic E-state index is 13.6. The second kappa shape index (κ2) is 8.42. The molecule has 0 unspecified atom stereocenters. The molecule has 0 bridgehead atoms. The highest BCUT2D eigenvalue weighted by molar-refractivity contribution is 7.80. The van der Waals surface area contributed by atoms with Crippen LogP contribution in [0.1, 0.15) is 17.2 Å². The van der Waals surface area contributed by atoms with Gasteiger partial charge in [-0.25, -0.2) is 4.39 Å². The maximum atomic E-state index is 13.6. The molecule has 2 aromatic carbocycles. The fourth-order valence-corrected chi connectivity index (χ4v) is 2.89. The van der Waals surface area contributed by atoms with Crippen LogP contribution >= 0.6 is 23.8 Å². The number of thiocarbonyl (C=S) groups is 1. The Kier molecular flexibility index (Phi) is 6.54. The van der Waals surface area contributed by atoms with E-state index in [1.165, 1.54) is 11.0 Å². The van der Waals surface area contributed by atoms with Gasteiger partial charge in [0.2, 0.25) is 0 Å². The van der Waals surface area contributed by atoms with Crippen LogP contribution in [0.3, 0.4) is 0 Å². The zero-order chi connectivity index (χ0) is 17.7. The van der Waals surface area contributed by atoms with Crippen LogP contribution in [0.4, 0.5) is 10.1 Å². The number of aryl methyl sites for hydroxylation is 1. The third-order valence-electron chi connectivity index (χ3n) is 3.87. The van der Waals surface area contributed by atoms with Crippen molar-refractivity contribution < 1.29 is 9.29 Å². The minimum Gasteiger partial charge on any atom is -0.356 e. The van der Waals surface area contributed by atoms with Gasteiger partial charge in [-0.3, -0.25) is 0 Å². The molecule has 6 heteroatoms. The molecule has 2 rings (SSSR count). The Labute approximate surface area is 152 Å². The first kappa shape index (κ1) is 18.6. The Balaban J connectivity index is 2.00. The second-order valence-corrected chi connectivity index (χ2v) is 6.77. The lowest BCUT2D eigenvalue weighted by atomic mass is 10.1. The van der Waals surface area contributed by atoms with Crippen molar-refractivity contribution in [3.8, 4) is 0 Å². The second-order valence-electron chi connectivity index (χ2n) is 5.95. The number of rotatable bonds is 5. The first-order chi connectivity index (χ1) is 11.4. The average molecular weight is 367 g/mol. The number of quaternary nitrogens is 1. The van der Waals surface area contributed by atoms with Crippen LogP contribution in [-0.2, 0) is 0 Å². The zero-order valence-corrected chi connectivity index (χ0v) is 15.6. The van der Waals surface area contributed by atoms with Crippen molar-refractivity contribution in [2.24, 2.45) is 0 Å². The number of likely N-dealkylation sites (N-methyl/N-ethyl adjacent to an activating group) is 1. The van der Waals surface area contributed by atoms with Crippen LogP contribution in [0.2, 0.25) is 5.02 Å². The molecule has 2 aromatic rings. The number of nitrogens with one attached hydrogen (secondary N) is 3. The van der Waals surface area contributed by atoms with Crippen molar-refractivity contribution in [2.75, 3.05) is 26.0 Å². The van der Waals surface area contributed by atoms with Crippen molar-refractivity contribution in [3.05, 3.63) is 64.4 Å². The molecule has 0 aliphatic heterocycles. The topological polar surface area (TPSA) is 28.5 Å². The summed E-state index contributed by atoms with van der Waals surface area (Å²) in [5.74, 6) is -0.255. The Bertz CT molecular complexity index is 721. The summed E-state index contributed by atoms with van der Waals surface area (Å²) in [5.41, 5.74) is 2.30. The highest BCUT2D eigenvalue weighted by Crippen LogP contribution is 2.20. The summed E-state index contributed by atoms with van der Waals surface area (Å²) in [6, 6.07) is 12.9. The fourth-order valence-electron chi connectivity index (χ4n) is 2.42. The van der Waals surface area contributed by atoms with E-state index >= 15 is 0 Å². The molecule has 0 heterocycles. The van der Waals surface area contributed by atoms with E-state index in [0.717, 1.165) is 10.6 Å². The molecular formula is C18H22ClFN3S+. The van der Waals surface area contributed by atoms with Crippen LogP contribution < -0.4 is 15.5 Å². The van der Waals surface area contributed by atoms with Gasteiger partial charge in [0.05, 0.1) is 20.6 Å². The van der Waals surface area contributed by atoms with E-state index in [0.29, 0.717) is 22.9 Å². The molecule has 3 nitrogen and oxygen atoms in total. The van der Waals surface area contributed by atoms with E-state index in [1.54, 1.807) is 19.1 Å². The Morgan fingerprint density at radius 3 is 2.58 bits per heavy atom. The molecule has 0 amide bonds. The van der Waals surface area contributed by atoms with Gasteiger partial charge in [0.1, 0.15) is 11.9 Å². The van der Waals surface area contributed by atoms with Gasteiger partial charge in [0.15, 0.2) is 5.11 Å². The van der Waals surface area contributed by atoms with Gasteiger partial charge in [-0.15, -0.1) is 0 Å². The number of halogens is 2. The fraction of sp³-hybridized carbons (Fsp3) is 0.278. The van der Waals surface area contributed by atoms with Gasteiger partial charge in [-0.05, 0) is 42.9 Å². The van der Waals surface area contributed by atoms with E-state index in [2.05, 4.69) is 24.7 Å². The van der Waals surface area contributed by atoms with Crippen molar-refractivity contribution in [3.63, 3.8) is 0 Å². The van der Waals surface area contributed by atoms with Gasteiger partial charge >= 0.3 is 0 Å². The molecule has 0 fully saturated rings. The Hall–Kier alpha value is -1.69. The summed E-state index contributed by atoms with van der Waals surface area (Å²) in [4.78, 5) is 1.24.